The minimum absolute atomic E-state index is 0. The Kier molecular flexibility index (Phi) is 6.88. The molecule has 0 aliphatic heterocycles. The van der Waals surface area contributed by atoms with Crippen LogP contribution in [-0.2, 0) is 10.1 Å². The molecule has 0 fully saturated rings. The van der Waals surface area contributed by atoms with Gasteiger partial charge < -0.3 is 14.9 Å². The fraction of sp³-hybridized carbons (Fsp3) is 0.333. The summed E-state index contributed by atoms with van der Waals surface area (Å²) in [6, 6.07) is 3.71. The van der Waals surface area contributed by atoms with E-state index in [1.165, 1.54) is 12.1 Å². The molecule has 0 radical (unpaired) electrons. The number of ether oxygens (including phenoxy) is 1. The Morgan fingerprint density at radius 2 is 1.65 bits per heavy atom. The third-order valence-corrected chi connectivity index (χ3v) is 2.50. The van der Waals surface area contributed by atoms with E-state index in [-0.39, 0.29) is 59.8 Å². The summed E-state index contributed by atoms with van der Waals surface area (Å²) < 4.78 is 34.2. The first kappa shape index (κ1) is 16.5. The van der Waals surface area contributed by atoms with Crippen LogP contribution in [0.2, 0.25) is 0 Å². The molecule has 8 heteroatoms. The molecule has 6 nitrogen and oxygen atoms in total. The maximum absolute atomic E-state index is 10.4. The van der Waals surface area contributed by atoms with E-state index >= 15 is 0 Å². The van der Waals surface area contributed by atoms with Gasteiger partial charge in [0.2, 0.25) is 0 Å². The second-order valence-electron chi connectivity index (χ2n) is 3.17. The molecule has 0 amide bonds. The minimum atomic E-state index is -3.97. The standard InChI is InChI=1S/C9H12O6S.Na.H/c10-7-4-8(11)6-9(5-7)15-2-1-3-16(12,13)14;;/h4-6,10-11H,1-3H2,(H,12,13,14);;. The Hall–Kier alpha value is -0.470. The zero-order valence-electron chi connectivity index (χ0n) is 8.33. The molecular weight excluding hydrogens is 259 g/mol. The number of phenolic OH excluding ortho intramolecular Hbond substituents is 2. The molecule has 0 aromatic heterocycles. The summed E-state index contributed by atoms with van der Waals surface area (Å²) in [4.78, 5) is 0. The summed E-state index contributed by atoms with van der Waals surface area (Å²) in [5.74, 6) is -0.458. The normalized spacial score (nSPS) is 10.6. The second-order valence-corrected chi connectivity index (χ2v) is 4.75. The molecule has 0 bridgehead atoms. The van der Waals surface area contributed by atoms with Gasteiger partial charge in [0.05, 0.1) is 12.4 Å². The number of benzene rings is 1. The van der Waals surface area contributed by atoms with Crippen molar-refractivity contribution in [3.05, 3.63) is 18.2 Å². The molecule has 1 aromatic carbocycles. The van der Waals surface area contributed by atoms with Gasteiger partial charge in [-0.05, 0) is 6.42 Å². The summed E-state index contributed by atoms with van der Waals surface area (Å²) in [6.45, 7) is 0.0582. The van der Waals surface area contributed by atoms with Gasteiger partial charge in [-0.25, -0.2) is 0 Å². The van der Waals surface area contributed by atoms with E-state index in [0.717, 1.165) is 6.07 Å². The predicted molar refractivity (Wildman–Crippen MR) is 63.4 cm³/mol. The SMILES string of the molecule is O=S(=O)(O)CCCOc1cc(O)cc(O)c1.[NaH]. The van der Waals surface area contributed by atoms with Gasteiger partial charge in [-0.3, -0.25) is 4.55 Å². The number of hydrogen-bond acceptors (Lipinski definition) is 5. The summed E-state index contributed by atoms with van der Waals surface area (Å²) in [6.07, 6.45) is 0.120. The summed E-state index contributed by atoms with van der Waals surface area (Å²) >= 11 is 0. The Balaban J connectivity index is 0.00000256. The van der Waals surface area contributed by atoms with Gasteiger partial charge in [-0.1, -0.05) is 0 Å². The Labute approximate surface area is 121 Å². The van der Waals surface area contributed by atoms with Crippen LogP contribution in [0.15, 0.2) is 18.2 Å². The van der Waals surface area contributed by atoms with Crippen LogP contribution in [0.25, 0.3) is 0 Å². The quantitative estimate of drug-likeness (QED) is 0.399. The van der Waals surface area contributed by atoms with E-state index in [1.807, 2.05) is 0 Å². The average molecular weight is 272 g/mol. The van der Waals surface area contributed by atoms with Crippen molar-refractivity contribution >= 4 is 39.7 Å². The average Bonchev–Trinajstić information content (AvgIpc) is 2.09. The van der Waals surface area contributed by atoms with Crippen LogP contribution >= 0.6 is 0 Å². The van der Waals surface area contributed by atoms with Gasteiger partial charge in [-0.2, -0.15) is 8.42 Å². The van der Waals surface area contributed by atoms with E-state index < -0.39 is 15.9 Å². The molecule has 0 heterocycles. The first-order chi connectivity index (χ1) is 7.37. The fourth-order valence-corrected chi connectivity index (χ4v) is 1.57. The zero-order valence-corrected chi connectivity index (χ0v) is 9.14. The molecule has 92 valence electrons. The molecular formula is C9H13NaO6S. The van der Waals surface area contributed by atoms with E-state index in [2.05, 4.69) is 0 Å². The van der Waals surface area contributed by atoms with Crippen molar-refractivity contribution in [3.8, 4) is 17.2 Å². The van der Waals surface area contributed by atoms with Crippen molar-refractivity contribution < 1.29 is 27.9 Å². The van der Waals surface area contributed by atoms with Crippen LogP contribution in [0.3, 0.4) is 0 Å². The van der Waals surface area contributed by atoms with Crippen LogP contribution < -0.4 is 4.74 Å². The van der Waals surface area contributed by atoms with Gasteiger partial charge >= 0.3 is 29.6 Å². The predicted octanol–water partition coefficient (Wildman–Crippen LogP) is 0.106. The molecule has 0 saturated heterocycles. The molecule has 0 atom stereocenters. The molecule has 0 unspecified atom stereocenters. The van der Waals surface area contributed by atoms with Crippen molar-refractivity contribution in [2.75, 3.05) is 12.4 Å². The molecule has 3 N–H and O–H groups in total. The first-order valence-electron chi connectivity index (χ1n) is 4.48. The molecule has 0 spiro atoms. The van der Waals surface area contributed by atoms with E-state index in [1.54, 1.807) is 0 Å². The summed E-state index contributed by atoms with van der Waals surface area (Å²) in [5.41, 5.74) is 0. The van der Waals surface area contributed by atoms with Gasteiger partial charge in [0.15, 0.2) is 0 Å². The van der Waals surface area contributed by atoms with Crippen molar-refractivity contribution in [3.63, 3.8) is 0 Å². The van der Waals surface area contributed by atoms with Crippen LogP contribution in [0.4, 0.5) is 0 Å². The van der Waals surface area contributed by atoms with Gasteiger partial charge in [0.1, 0.15) is 17.2 Å². The van der Waals surface area contributed by atoms with Crippen molar-refractivity contribution in [1.82, 2.24) is 0 Å². The maximum atomic E-state index is 10.4. The van der Waals surface area contributed by atoms with Crippen LogP contribution in [0, 0.1) is 0 Å². The fourth-order valence-electron chi connectivity index (χ4n) is 1.08. The molecule has 1 rings (SSSR count). The number of phenols is 2. The van der Waals surface area contributed by atoms with Gasteiger partial charge in [-0.15, -0.1) is 0 Å². The first-order valence-corrected chi connectivity index (χ1v) is 6.09. The van der Waals surface area contributed by atoms with Crippen LogP contribution in [0.1, 0.15) is 6.42 Å². The molecule has 17 heavy (non-hydrogen) atoms. The van der Waals surface area contributed by atoms with E-state index in [9.17, 15) is 8.42 Å². The van der Waals surface area contributed by atoms with Crippen LogP contribution in [-0.4, -0.2) is 65.1 Å². The summed E-state index contributed by atoms with van der Waals surface area (Å²) in [5, 5.41) is 18.2. The van der Waals surface area contributed by atoms with Crippen LogP contribution in [0.5, 0.6) is 17.2 Å². The molecule has 1 aromatic rings. The molecule has 0 aliphatic carbocycles. The number of hydrogen-bond donors (Lipinski definition) is 3. The zero-order chi connectivity index (χ0) is 12.2. The monoisotopic (exact) mass is 272 g/mol. The van der Waals surface area contributed by atoms with Crippen molar-refractivity contribution in [2.24, 2.45) is 0 Å². The number of aromatic hydroxyl groups is 2. The summed E-state index contributed by atoms with van der Waals surface area (Å²) in [7, 11) is -3.97. The Bertz CT molecular complexity index is 438. The van der Waals surface area contributed by atoms with Gasteiger partial charge in [0, 0.05) is 18.2 Å². The number of rotatable bonds is 5. The van der Waals surface area contributed by atoms with E-state index in [4.69, 9.17) is 19.5 Å². The van der Waals surface area contributed by atoms with Crippen molar-refractivity contribution in [1.29, 1.82) is 0 Å². The Morgan fingerprint density at radius 3 is 2.12 bits per heavy atom. The van der Waals surface area contributed by atoms with E-state index in [0.29, 0.717) is 0 Å². The third-order valence-electron chi connectivity index (χ3n) is 1.69. The Morgan fingerprint density at radius 1 is 1.12 bits per heavy atom. The third kappa shape index (κ3) is 7.45. The molecule has 0 saturated carbocycles. The second kappa shape index (κ2) is 7.07. The van der Waals surface area contributed by atoms with Crippen molar-refractivity contribution in [2.45, 2.75) is 6.42 Å². The van der Waals surface area contributed by atoms with Gasteiger partial charge in [0.25, 0.3) is 10.1 Å². The topological polar surface area (TPSA) is 104 Å². The molecule has 0 aliphatic rings.